The molecule has 7 heteroatoms. The summed E-state index contributed by atoms with van der Waals surface area (Å²) in [4.78, 5) is 12.8. The van der Waals surface area contributed by atoms with Crippen molar-refractivity contribution in [1.29, 1.82) is 0 Å². The molecule has 1 heterocycles. The number of rotatable bonds is 4. The third-order valence-corrected chi connectivity index (χ3v) is 7.06. The van der Waals surface area contributed by atoms with Gasteiger partial charge in [0.1, 0.15) is 11.7 Å². The number of carbonyl (C=O) groups is 1. The van der Waals surface area contributed by atoms with Gasteiger partial charge >= 0.3 is 0 Å². The first-order chi connectivity index (χ1) is 11.8. The molecule has 0 aliphatic heterocycles. The standard InChI is InChI=1S/C18H24ClF2N3O/c1-8-14(19)16(17(20)21)23-24(8)9(2)18(25)22-15-12-4-10-3-11(6-12)7-13(15)5-10/h9-13,15,17H,3-7H2,1-2H3,(H,22,25)/t9-,10?,11?,12?,13?,15?/m1/s1. The van der Waals surface area contributed by atoms with Crippen LogP contribution < -0.4 is 5.32 Å². The Morgan fingerprint density at radius 1 is 1.20 bits per heavy atom. The Morgan fingerprint density at radius 3 is 2.24 bits per heavy atom. The molecule has 4 bridgehead atoms. The molecule has 0 unspecified atom stereocenters. The molecular formula is C18H24ClF2N3O. The maximum Gasteiger partial charge on any atom is 0.283 e. The van der Waals surface area contributed by atoms with Crippen molar-refractivity contribution in [3.63, 3.8) is 0 Å². The number of hydrogen-bond donors (Lipinski definition) is 1. The molecule has 0 spiro atoms. The highest BCUT2D eigenvalue weighted by atomic mass is 35.5. The summed E-state index contributed by atoms with van der Waals surface area (Å²) in [5, 5.41) is 7.05. The Labute approximate surface area is 151 Å². The number of halogens is 3. The van der Waals surface area contributed by atoms with E-state index in [9.17, 15) is 13.6 Å². The number of alkyl halides is 2. The Hall–Kier alpha value is -1.17. The molecule has 4 nitrogen and oxygen atoms in total. The van der Waals surface area contributed by atoms with Gasteiger partial charge in [-0.05, 0) is 69.6 Å². The summed E-state index contributed by atoms with van der Waals surface area (Å²) in [6.07, 6.45) is 3.49. The third-order valence-electron chi connectivity index (χ3n) is 6.59. The van der Waals surface area contributed by atoms with Gasteiger partial charge in [-0.25, -0.2) is 8.78 Å². The lowest BCUT2D eigenvalue weighted by atomic mass is 9.54. The highest BCUT2D eigenvalue weighted by Crippen LogP contribution is 2.53. The normalized spacial score (nSPS) is 34.6. The third kappa shape index (κ3) is 2.86. The summed E-state index contributed by atoms with van der Waals surface area (Å²) in [7, 11) is 0. The lowest BCUT2D eigenvalue weighted by Gasteiger charge is -2.54. The predicted molar refractivity (Wildman–Crippen MR) is 90.6 cm³/mol. The molecule has 4 fully saturated rings. The molecule has 4 aliphatic rings. The molecule has 0 saturated heterocycles. The molecule has 0 radical (unpaired) electrons. The second kappa shape index (κ2) is 6.22. The molecular weight excluding hydrogens is 348 g/mol. The number of nitrogens with one attached hydrogen (secondary N) is 1. The van der Waals surface area contributed by atoms with E-state index in [2.05, 4.69) is 10.4 Å². The summed E-state index contributed by atoms with van der Waals surface area (Å²) in [5.41, 5.74) is -0.0434. The Morgan fingerprint density at radius 2 is 1.76 bits per heavy atom. The number of amides is 1. The molecule has 1 amide bonds. The fourth-order valence-electron chi connectivity index (χ4n) is 5.59. The zero-order chi connectivity index (χ0) is 17.9. The lowest BCUT2D eigenvalue weighted by Crippen LogP contribution is -2.56. The van der Waals surface area contributed by atoms with Crippen LogP contribution in [0.15, 0.2) is 0 Å². The predicted octanol–water partition coefficient (Wildman–Crippen LogP) is 4.28. The Kier molecular flexibility index (Phi) is 4.29. The molecule has 0 aromatic carbocycles. The van der Waals surface area contributed by atoms with Gasteiger partial charge in [0, 0.05) is 6.04 Å². The minimum atomic E-state index is -2.74. The smallest absolute Gasteiger partial charge is 0.283 e. The first-order valence-corrected chi connectivity index (χ1v) is 9.56. The fourth-order valence-corrected chi connectivity index (χ4v) is 5.80. The van der Waals surface area contributed by atoms with Gasteiger partial charge in [0.15, 0.2) is 0 Å². The summed E-state index contributed by atoms with van der Waals surface area (Å²) >= 11 is 5.95. The number of hydrogen-bond acceptors (Lipinski definition) is 2. The van der Waals surface area contributed by atoms with Crippen molar-refractivity contribution in [2.45, 2.75) is 64.5 Å². The molecule has 25 heavy (non-hydrogen) atoms. The SMILES string of the molecule is Cc1c(Cl)c(C(F)F)nn1[C@H](C)C(=O)NC1C2CC3CC(C2)CC1C3. The van der Waals surface area contributed by atoms with E-state index >= 15 is 0 Å². The highest BCUT2D eigenvalue weighted by molar-refractivity contribution is 6.31. The molecule has 1 atom stereocenters. The van der Waals surface area contributed by atoms with Crippen LogP contribution in [0.3, 0.4) is 0 Å². The van der Waals surface area contributed by atoms with Gasteiger partial charge in [-0.15, -0.1) is 0 Å². The van der Waals surface area contributed by atoms with Crippen LogP contribution in [0.4, 0.5) is 8.78 Å². The topological polar surface area (TPSA) is 46.9 Å². The Bertz CT molecular complexity index is 662. The van der Waals surface area contributed by atoms with Crippen LogP contribution in [0.5, 0.6) is 0 Å². The largest absolute Gasteiger partial charge is 0.351 e. The van der Waals surface area contributed by atoms with Gasteiger partial charge in [-0.1, -0.05) is 11.6 Å². The van der Waals surface area contributed by atoms with E-state index in [4.69, 9.17) is 11.6 Å². The van der Waals surface area contributed by atoms with Crippen molar-refractivity contribution in [2.75, 3.05) is 0 Å². The zero-order valence-corrected chi connectivity index (χ0v) is 15.3. The van der Waals surface area contributed by atoms with Crippen molar-refractivity contribution < 1.29 is 13.6 Å². The summed E-state index contributed by atoms with van der Waals surface area (Å²) in [6, 6.07) is -0.425. The van der Waals surface area contributed by atoms with Crippen LogP contribution in [0.2, 0.25) is 5.02 Å². The van der Waals surface area contributed by atoms with Crippen molar-refractivity contribution in [3.05, 3.63) is 16.4 Å². The van der Waals surface area contributed by atoms with Crippen LogP contribution in [-0.2, 0) is 4.79 Å². The number of carbonyl (C=O) groups excluding carboxylic acids is 1. The minimum absolute atomic E-state index is 0.0516. The van der Waals surface area contributed by atoms with E-state index in [1.54, 1.807) is 13.8 Å². The van der Waals surface area contributed by atoms with E-state index in [1.165, 1.54) is 36.8 Å². The van der Waals surface area contributed by atoms with E-state index in [1.807, 2.05) is 0 Å². The molecule has 4 saturated carbocycles. The minimum Gasteiger partial charge on any atom is -0.351 e. The highest BCUT2D eigenvalue weighted by Gasteiger charge is 2.48. The summed E-state index contributed by atoms with van der Waals surface area (Å²) in [5.74, 6) is 2.68. The summed E-state index contributed by atoms with van der Waals surface area (Å²) < 4.78 is 27.3. The van der Waals surface area contributed by atoms with Gasteiger partial charge in [0.05, 0.1) is 10.7 Å². The monoisotopic (exact) mass is 371 g/mol. The lowest BCUT2D eigenvalue weighted by molar-refractivity contribution is -0.128. The van der Waals surface area contributed by atoms with Crippen LogP contribution in [-0.4, -0.2) is 21.7 Å². The average Bonchev–Trinajstić information content (AvgIpc) is 2.85. The van der Waals surface area contributed by atoms with Crippen molar-refractivity contribution >= 4 is 17.5 Å². The van der Waals surface area contributed by atoms with Crippen LogP contribution in [0.1, 0.15) is 62.9 Å². The van der Waals surface area contributed by atoms with E-state index in [0.717, 1.165) is 11.8 Å². The van der Waals surface area contributed by atoms with Crippen molar-refractivity contribution in [1.82, 2.24) is 15.1 Å². The average molecular weight is 372 g/mol. The van der Waals surface area contributed by atoms with Gasteiger partial charge < -0.3 is 5.32 Å². The van der Waals surface area contributed by atoms with E-state index < -0.39 is 18.2 Å². The first kappa shape index (κ1) is 17.3. The van der Waals surface area contributed by atoms with Gasteiger partial charge in [-0.2, -0.15) is 5.10 Å². The van der Waals surface area contributed by atoms with Gasteiger partial charge in [0.2, 0.25) is 5.91 Å². The zero-order valence-electron chi connectivity index (χ0n) is 14.5. The molecule has 1 N–H and O–H groups in total. The quantitative estimate of drug-likeness (QED) is 0.858. The number of aromatic nitrogens is 2. The Balaban J connectivity index is 1.49. The first-order valence-electron chi connectivity index (χ1n) is 9.18. The van der Waals surface area contributed by atoms with Crippen molar-refractivity contribution in [3.8, 4) is 0 Å². The van der Waals surface area contributed by atoms with E-state index in [-0.39, 0.29) is 17.0 Å². The van der Waals surface area contributed by atoms with Crippen molar-refractivity contribution in [2.24, 2.45) is 23.7 Å². The van der Waals surface area contributed by atoms with Crippen LogP contribution in [0, 0.1) is 30.6 Å². The molecule has 1 aromatic rings. The maximum atomic E-state index is 13.0. The van der Waals surface area contributed by atoms with Crippen LogP contribution in [0.25, 0.3) is 0 Å². The maximum absolute atomic E-state index is 13.0. The second-order valence-corrected chi connectivity index (χ2v) is 8.55. The van der Waals surface area contributed by atoms with Gasteiger partial charge in [0.25, 0.3) is 6.43 Å². The molecule has 5 rings (SSSR count). The molecule has 4 aliphatic carbocycles. The fraction of sp³-hybridized carbons (Fsp3) is 0.778. The summed E-state index contributed by atoms with van der Waals surface area (Å²) in [6.45, 7) is 3.31. The molecule has 1 aromatic heterocycles. The number of nitrogens with zero attached hydrogens (tertiary/aromatic N) is 2. The second-order valence-electron chi connectivity index (χ2n) is 8.17. The van der Waals surface area contributed by atoms with E-state index in [0.29, 0.717) is 17.5 Å². The van der Waals surface area contributed by atoms with Gasteiger partial charge in [-0.3, -0.25) is 9.48 Å². The van der Waals surface area contributed by atoms with Crippen LogP contribution >= 0.6 is 11.6 Å². The molecule has 138 valence electrons.